The number of carbonyl (C=O) groups is 2. The van der Waals surface area contributed by atoms with Crippen LogP contribution in [-0.2, 0) is 14.3 Å². The van der Waals surface area contributed by atoms with Gasteiger partial charge in [0, 0.05) is 6.07 Å². The third kappa shape index (κ3) is 3.60. The molecule has 0 unspecified atom stereocenters. The van der Waals surface area contributed by atoms with Crippen LogP contribution in [0.15, 0.2) is 10.6 Å². The molecule has 7 nitrogen and oxygen atoms in total. The Hall–Kier alpha value is -2.05. The zero-order valence-electron chi connectivity index (χ0n) is 8.93. The van der Waals surface area contributed by atoms with E-state index >= 15 is 0 Å². The molecule has 0 bridgehead atoms. The van der Waals surface area contributed by atoms with Gasteiger partial charge in [-0.25, -0.2) is 4.79 Å². The van der Waals surface area contributed by atoms with Crippen molar-refractivity contribution >= 4 is 11.9 Å². The summed E-state index contributed by atoms with van der Waals surface area (Å²) in [6.07, 6.45) is -0.977. The highest BCUT2D eigenvalue weighted by Crippen LogP contribution is 2.09. The fourth-order valence-corrected chi connectivity index (χ4v) is 0.834. The minimum atomic E-state index is -0.977. The van der Waals surface area contributed by atoms with Crippen molar-refractivity contribution in [1.29, 1.82) is 0 Å². The molecule has 1 rings (SSSR count). The van der Waals surface area contributed by atoms with E-state index in [9.17, 15) is 9.59 Å². The zero-order valence-corrected chi connectivity index (χ0v) is 8.93. The van der Waals surface area contributed by atoms with E-state index in [2.05, 4.69) is 9.89 Å². The molecular formula is C9H12N2O5. The van der Waals surface area contributed by atoms with Crippen LogP contribution in [0.2, 0.25) is 0 Å². The summed E-state index contributed by atoms with van der Waals surface area (Å²) in [7, 11) is 0. The number of primary amides is 1. The van der Waals surface area contributed by atoms with Gasteiger partial charge in [-0.2, -0.15) is 0 Å². The fraction of sp³-hybridized carbons (Fsp3) is 0.444. The first-order chi connectivity index (χ1) is 7.49. The van der Waals surface area contributed by atoms with Gasteiger partial charge in [0.15, 0.2) is 12.7 Å². The van der Waals surface area contributed by atoms with E-state index in [1.54, 1.807) is 6.92 Å². The van der Waals surface area contributed by atoms with Crippen molar-refractivity contribution in [3.63, 3.8) is 0 Å². The first-order valence-corrected chi connectivity index (χ1v) is 4.54. The Morgan fingerprint density at radius 1 is 1.62 bits per heavy atom. The molecule has 2 N–H and O–H groups in total. The van der Waals surface area contributed by atoms with Gasteiger partial charge in [-0.1, -0.05) is 0 Å². The number of nitrogens with zero attached hydrogens (tertiary/aromatic N) is 1. The molecule has 0 radical (unpaired) electrons. The number of amides is 1. The first-order valence-electron chi connectivity index (χ1n) is 4.54. The van der Waals surface area contributed by atoms with Gasteiger partial charge < -0.3 is 19.7 Å². The van der Waals surface area contributed by atoms with Crippen LogP contribution < -0.4 is 10.5 Å². The van der Waals surface area contributed by atoms with E-state index < -0.39 is 18.0 Å². The van der Waals surface area contributed by atoms with Gasteiger partial charge in [0.1, 0.15) is 5.76 Å². The summed E-state index contributed by atoms with van der Waals surface area (Å²) in [4.78, 5) is 21.7. The predicted octanol–water partition coefficient (Wildman–Crippen LogP) is -0.221. The normalized spacial score (nSPS) is 11.9. The monoisotopic (exact) mass is 228 g/mol. The summed E-state index contributed by atoms with van der Waals surface area (Å²) in [5.41, 5.74) is 4.91. The van der Waals surface area contributed by atoms with E-state index in [0.717, 1.165) is 0 Å². The molecule has 16 heavy (non-hydrogen) atoms. The smallest absolute Gasteiger partial charge is 0.345 e. The van der Waals surface area contributed by atoms with Crippen LogP contribution in [0.3, 0.4) is 0 Å². The highest BCUT2D eigenvalue weighted by Gasteiger charge is 2.15. The van der Waals surface area contributed by atoms with Crippen molar-refractivity contribution in [2.45, 2.75) is 20.0 Å². The molecule has 0 fully saturated rings. The zero-order chi connectivity index (χ0) is 12.1. The largest absolute Gasteiger partial charge is 0.463 e. The SMILES string of the molecule is Cc1cc(OCC(=O)O[C@H](C)C(N)=O)no1. The molecule has 0 saturated heterocycles. The Morgan fingerprint density at radius 2 is 2.31 bits per heavy atom. The van der Waals surface area contributed by atoms with Crippen molar-refractivity contribution in [3.8, 4) is 5.88 Å². The van der Waals surface area contributed by atoms with Crippen molar-refractivity contribution in [2.75, 3.05) is 6.61 Å². The lowest BCUT2D eigenvalue weighted by Crippen LogP contribution is -2.32. The second kappa shape index (κ2) is 5.15. The minimum Gasteiger partial charge on any atom is -0.463 e. The number of carbonyl (C=O) groups excluding carboxylic acids is 2. The van der Waals surface area contributed by atoms with Gasteiger partial charge in [-0.05, 0) is 19.0 Å². The topological polar surface area (TPSA) is 105 Å². The lowest BCUT2D eigenvalue weighted by Gasteiger charge is -2.08. The molecule has 0 aromatic carbocycles. The Bertz CT molecular complexity index is 387. The molecule has 88 valence electrons. The maximum Gasteiger partial charge on any atom is 0.345 e. The molecule has 0 aliphatic carbocycles. The first kappa shape index (κ1) is 12.0. The van der Waals surface area contributed by atoms with Gasteiger partial charge in [0.25, 0.3) is 11.8 Å². The lowest BCUT2D eigenvalue weighted by atomic mass is 10.4. The number of hydrogen-bond acceptors (Lipinski definition) is 6. The Labute approximate surface area is 91.5 Å². The van der Waals surface area contributed by atoms with E-state index in [1.807, 2.05) is 0 Å². The van der Waals surface area contributed by atoms with Crippen LogP contribution in [0.5, 0.6) is 5.88 Å². The molecule has 1 amide bonds. The van der Waals surface area contributed by atoms with E-state index in [4.69, 9.17) is 15.0 Å². The van der Waals surface area contributed by atoms with Crippen LogP contribution in [0.4, 0.5) is 0 Å². The average Bonchev–Trinajstić information content (AvgIpc) is 2.61. The molecule has 0 aliphatic heterocycles. The number of nitrogens with two attached hydrogens (primary N) is 1. The molecular weight excluding hydrogens is 216 g/mol. The van der Waals surface area contributed by atoms with Crippen molar-refractivity contribution in [1.82, 2.24) is 5.16 Å². The second-order valence-corrected chi connectivity index (χ2v) is 3.10. The van der Waals surface area contributed by atoms with Gasteiger partial charge in [-0.15, -0.1) is 0 Å². The number of hydrogen-bond donors (Lipinski definition) is 1. The molecule has 1 aromatic rings. The van der Waals surface area contributed by atoms with Gasteiger partial charge >= 0.3 is 5.97 Å². The van der Waals surface area contributed by atoms with E-state index in [-0.39, 0.29) is 12.5 Å². The fourth-order valence-electron chi connectivity index (χ4n) is 0.834. The summed E-state index contributed by atoms with van der Waals surface area (Å²) in [5, 5.41) is 3.51. The third-order valence-corrected chi connectivity index (χ3v) is 1.65. The van der Waals surface area contributed by atoms with E-state index in [0.29, 0.717) is 5.76 Å². The van der Waals surface area contributed by atoms with E-state index in [1.165, 1.54) is 13.0 Å². The van der Waals surface area contributed by atoms with Gasteiger partial charge in [-0.3, -0.25) is 4.79 Å². The molecule has 0 aliphatic rings. The van der Waals surface area contributed by atoms with Crippen LogP contribution in [0.25, 0.3) is 0 Å². The predicted molar refractivity (Wildman–Crippen MR) is 51.5 cm³/mol. The summed E-state index contributed by atoms with van der Waals surface area (Å²) < 4.78 is 14.3. The average molecular weight is 228 g/mol. The molecule has 0 saturated carbocycles. The van der Waals surface area contributed by atoms with Crippen LogP contribution in [0, 0.1) is 6.92 Å². The number of rotatable bonds is 5. The summed E-state index contributed by atoms with van der Waals surface area (Å²) >= 11 is 0. The molecule has 1 atom stereocenters. The molecule has 0 spiro atoms. The Balaban J connectivity index is 2.33. The molecule has 1 aromatic heterocycles. The van der Waals surface area contributed by atoms with Crippen LogP contribution in [0.1, 0.15) is 12.7 Å². The summed E-state index contributed by atoms with van der Waals surface area (Å²) in [6, 6.07) is 1.52. The lowest BCUT2D eigenvalue weighted by molar-refractivity contribution is -0.155. The highest BCUT2D eigenvalue weighted by molar-refractivity contribution is 5.82. The highest BCUT2D eigenvalue weighted by atomic mass is 16.6. The minimum absolute atomic E-state index is 0.182. The Kier molecular flexibility index (Phi) is 3.87. The summed E-state index contributed by atoms with van der Waals surface area (Å²) in [6.45, 7) is 2.71. The standard InChI is InChI=1S/C9H12N2O5/c1-5-3-7(11-16-5)14-4-8(12)15-6(2)9(10)13/h3,6H,4H2,1-2H3,(H2,10,13)/t6-/m1/s1. The number of aromatic nitrogens is 1. The van der Waals surface area contributed by atoms with Crippen molar-refractivity contribution in [3.05, 3.63) is 11.8 Å². The third-order valence-electron chi connectivity index (χ3n) is 1.65. The quantitative estimate of drug-likeness (QED) is 0.698. The van der Waals surface area contributed by atoms with Crippen molar-refractivity contribution < 1.29 is 23.6 Å². The van der Waals surface area contributed by atoms with Crippen molar-refractivity contribution in [2.24, 2.45) is 5.73 Å². The van der Waals surface area contributed by atoms with Gasteiger partial charge in [0.2, 0.25) is 0 Å². The van der Waals surface area contributed by atoms with Crippen LogP contribution >= 0.6 is 0 Å². The van der Waals surface area contributed by atoms with Crippen LogP contribution in [-0.4, -0.2) is 29.7 Å². The maximum atomic E-state index is 11.1. The maximum absolute atomic E-state index is 11.1. The Morgan fingerprint density at radius 3 is 2.81 bits per heavy atom. The molecule has 1 heterocycles. The number of ether oxygens (including phenoxy) is 2. The second-order valence-electron chi connectivity index (χ2n) is 3.10. The molecule has 7 heteroatoms. The summed E-state index contributed by atoms with van der Waals surface area (Å²) in [5.74, 6) is -0.673. The van der Waals surface area contributed by atoms with Gasteiger partial charge in [0.05, 0.1) is 0 Å². The number of aryl methyl sites for hydroxylation is 1. The number of esters is 1.